The maximum atomic E-state index is 11.8. The van der Waals surface area contributed by atoms with Crippen LogP contribution in [-0.4, -0.2) is 21.4 Å². The molecule has 2 rings (SSSR count). The molecule has 0 radical (unpaired) electrons. The van der Waals surface area contributed by atoms with Crippen LogP contribution in [0.15, 0.2) is 24.3 Å². The smallest absolute Gasteiger partial charge is 0.250 e. The molecule has 0 aliphatic heterocycles. The van der Waals surface area contributed by atoms with Gasteiger partial charge in [-0.25, -0.2) is 0 Å². The Kier molecular flexibility index (Phi) is 6.17. The first-order chi connectivity index (χ1) is 10.1. The summed E-state index contributed by atoms with van der Waals surface area (Å²) in [5.41, 5.74) is 0.716. The Balaban J connectivity index is 1.98. The van der Waals surface area contributed by atoms with E-state index in [1.54, 1.807) is 24.3 Å². The van der Waals surface area contributed by atoms with E-state index in [2.05, 4.69) is 31.4 Å². The molecule has 0 atom stereocenters. The summed E-state index contributed by atoms with van der Waals surface area (Å²) < 4.78 is 0. The summed E-state index contributed by atoms with van der Waals surface area (Å²) in [4.78, 5) is 11.8. The highest BCUT2D eigenvalue weighted by Gasteiger charge is 2.06. The van der Waals surface area contributed by atoms with Crippen LogP contribution in [0.25, 0.3) is 6.08 Å². The molecular formula is C13H10BrCl2N3OS. The molecule has 2 aromatic rings. The van der Waals surface area contributed by atoms with E-state index in [1.807, 2.05) is 0 Å². The van der Waals surface area contributed by atoms with Gasteiger partial charge < -0.3 is 0 Å². The van der Waals surface area contributed by atoms with E-state index >= 15 is 0 Å². The number of aryl methyl sites for hydroxylation is 1. The van der Waals surface area contributed by atoms with E-state index in [-0.39, 0.29) is 5.91 Å². The van der Waals surface area contributed by atoms with Crippen LogP contribution in [0, 0.1) is 0 Å². The highest BCUT2D eigenvalue weighted by atomic mass is 79.9. The molecule has 1 amide bonds. The third-order valence-electron chi connectivity index (χ3n) is 2.38. The monoisotopic (exact) mass is 405 g/mol. The fraction of sp³-hybridized carbons (Fsp3) is 0.154. The quantitative estimate of drug-likeness (QED) is 0.590. The average molecular weight is 407 g/mol. The Labute approximate surface area is 144 Å². The Morgan fingerprint density at radius 3 is 2.90 bits per heavy atom. The number of nitrogens with zero attached hydrogens (tertiary/aromatic N) is 2. The van der Waals surface area contributed by atoms with Crippen LogP contribution in [0.3, 0.4) is 0 Å². The molecule has 21 heavy (non-hydrogen) atoms. The molecule has 0 fully saturated rings. The predicted octanol–water partition coefficient (Wildman–Crippen LogP) is 4.43. The second-order valence-electron chi connectivity index (χ2n) is 3.93. The first-order valence-electron chi connectivity index (χ1n) is 5.91. The van der Waals surface area contributed by atoms with Gasteiger partial charge in [-0.05, 0) is 23.8 Å². The van der Waals surface area contributed by atoms with Crippen LogP contribution < -0.4 is 5.32 Å². The van der Waals surface area contributed by atoms with Gasteiger partial charge in [-0.15, -0.1) is 10.2 Å². The van der Waals surface area contributed by atoms with E-state index in [4.69, 9.17) is 23.2 Å². The number of carbonyl (C=O) groups excluding carboxylic acids is 1. The number of nitrogens with one attached hydrogen (secondary N) is 1. The zero-order chi connectivity index (χ0) is 15.2. The summed E-state index contributed by atoms with van der Waals surface area (Å²) in [6, 6.07) is 5.08. The highest BCUT2D eigenvalue weighted by molar-refractivity contribution is 9.09. The van der Waals surface area contributed by atoms with Gasteiger partial charge in [-0.3, -0.25) is 10.1 Å². The van der Waals surface area contributed by atoms with Crippen LogP contribution >= 0.6 is 50.5 Å². The molecule has 0 unspecified atom stereocenters. The highest BCUT2D eigenvalue weighted by Crippen LogP contribution is 2.22. The maximum absolute atomic E-state index is 11.8. The summed E-state index contributed by atoms with van der Waals surface area (Å²) in [7, 11) is 0. The maximum Gasteiger partial charge on any atom is 0.250 e. The van der Waals surface area contributed by atoms with Gasteiger partial charge in [-0.1, -0.05) is 56.5 Å². The van der Waals surface area contributed by atoms with Gasteiger partial charge in [-0.2, -0.15) is 0 Å². The summed E-state index contributed by atoms with van der Waals surface area (Å²) in [6.07, 6.45) is 3.79. The number of aromatic nitrogens is 2. The number of rotatable bonds is 5. The molecule has 1 N–H and O–H groups in total. The number of hydrogen-bond donors (Lipinski definition) is 1. The number of alkyl halides is 1. The zero-order valence-corrected chi connectivity index (χ0v) is 14.6. The lowest BCUT2D eigenvalue weighted by Gasteiger charge is -1.99. The second-order valence-corrected chi connectivity index (χ2v) is 6.63. The van der Waals surface area contributed by atoms with Crippen molar-refractivity contribution < 1.29 is 4.79 Å². The fourth-order valence-corrected chi connectivity index (χ4v) is 3.29. The van der Waals surface area contributed by atoms with Crippen molar-refractivity contribution in [2.45, 2.75) is 6.42 Å². The molecule has 8 heteroatoms. The third kappa shape index (κ3) is 5.07. The van der Waals surface area contributed by atoms with Crippen molar-refractivity contribution in [1.29, 1.82) is 0 Å². The molecule has 4 nitrogen and oxygen atoms in total. The van der Waals surface area contributed by atoms with Crippen LogP contribution in [0.5, 0.6) is 0 Å². The molecule has 0 saturated carbocycles. The number of amides is 1. The lowest BCUT2D eigenvalue weighted by atomic mass is 10.2. The molecule has 1 aromatic heterocycles. The predicted molar refractivity (Wildman–Crippen MR) is 91.5 cm³/mol. The van der Waals surface area contributed by atoms with Crippen LogP contribution in [0.4, 0.5) is 5.13 Å². The van der Waals surface area contributed by atoms with Crippen molar-refractivity contribution in [2.75, 3.05) is 10.6 Å². The van der Waals surface area contributed by atoms with E-state index < -0.39 is 0 Å². The van der Waals surface area contributed by atoms with E-state index in [0.29, 0.717) is 20.7 Å². The lowest BCUT2D eigenvalue weighted by molar-refractivity contribution is -0.111. The first-order valence-corrected chi connectivity index (χ1v) is 8.60. The largest absolute Gasteiger partial charge is 0.297 e. The van der Waals surface area contributed by atoms with Crippen molar-refractivity contribution in [1.82, 2.24) is 10.2 Å². The van der Waals surface area contributed by atoms with Gasteiger partial charge in [0, 0.05) is 27.9 Å². The summed E-state index contributed by atoms with van der Waals surface area (Å²) in [5.74, 6) is -0.289. The Morgan fingerprint density at radius 2 is 2.19 bits per heavy atom. The minimum atomic E-state index is -0.289. The molecule has 0 aliphatic rings. The molecule has 1 aromatic carbocycles. The van der Waals surface area contributed by atoms with Gasteiger partial charge in [0.1, 0.15) is 5.01 Å². The third-order valence-corrected chi connectivity index (χ3v) is 4.24. The summed E-state index contributed by atoms with van der Waals surface area (Å²) in [5, 5.41) is 13.7. The fourth-order valence-electron chi connectivity index (χ4n) is 1.44. The van der Waals surface area contributed by atoms with Gasteiger partial charge in [0.2, 0.25) is 11.0 Å². The topological polar surface area (TPSA) is 54.9 Å². The van der Waals surface area contributed by atoms with E-state index in [0.717, 1.165) is 16.8 Å². The van der Waals surface area contributed by atoms with Crippen molar-refractivity contribution in [3.8, 4) is 0 Å². The molecule has 0 aliphatic carbocycles. The van der Waals surface area contributed by atoms with E-state index in [1.165, 1.54) is 17.4 Å². The molecular weight excluding hydrogens is 397 g/mol. The number of halogens is 3. The van der Waals surface area contributed by atoms with Crippen molar-refractivity contribution in [2.24, 2.45) is 0 Å². The van der Waals surface area contributed by atoms with Crippen LogP contribution in [-0.2, 0) is 11.2 Å². The summed E-state index contributed by atoms with van der Waals surface area (Å²) >= 11 is 16.5. The number of carbonyl (C=O) groups is 1. The standard InChI is InChI=1S/C13H10BrCl2N3OS/c14-6-5-12-18-19-13(21-12)17-11(20)4-2-8-1-3-9(15)7-10(8)16/h1-4,7H,5-6H2,(H,17,19,20)/b4-2+. The SMILES string of the molecule is O=C(/C=C/c1ccc(Cl)cc1Cl)Nc1nnc(CCBr)s1. The molecule has 0 spiro atoms. The summed E-state index contributed by atoms with van der Waals surface area (Å²) in [6.45, 7) is 0. The number of benzene rings is 1. The van der Waals surface area contributed by atoms with E-state index in [9.17, 15) is 4.79 Å². The van der Waals surface area contributed by atoms with Gasteiger partial charge in [0.15, 0.2) is 0 Å². The van der Waals surface area contributed by atoms with Gasteiger partial charge in [0.25, 0.3) is 0 Å². The minimum Gasteiger partial charge on any atom is -0.297 e. The molecule has 0 saturated heterocycles. The molecule has 110 valence electrons. The Bertz CT molecular complexity index is 675. The van der Waals surface area contributed by atoms with Crippen molar-refractivity contribution >= 4 is 67.6 Å². The Hall–Kier alpha value is -0.950. The number of hydrogen-bond acceptors (Lipinski definition) is 4. The minimum absolute atomic E-state index is 0.289. The second kappa shape index (κ2) is 7.89. The number of anilines is 1. The normalized spacial score (nSPS) is 11.0. The molecule has 1 heterocycles. The van der Waals surface area contributed by atoms with Crippen LogP contribution in [0.2, 0.25) is 10.0 Å². The molecule has 0 bridgehead atoms. The first kappa shape index (κ1) is 16.4. The zero-order valence-electron chi connectivity index (χ0n) is 10.6. The van der Waals surface area contributed by atoms with Crippen LogP contribution in [0.1, 0.15) is 10.6 Å². The van der Waals surface area contributed by atoms with Gasteiger partial charge >= 0.3 is 0 Å². The average Bonchev–Trinajstić information content (AvgIpc) is 2.85. The van der Waals surface area contributed by atoms with Gasteiger partial charge in [0.05, 0.1) is 0 Å². The van der Waals surface area contributed by atoms with Crippen molar-refractivity contribution in [3.05, 3.63) is 44.9 Å². The van der Waals surface area contributed by atoms with Crippen molar-refractivity contribution in [3.63, 3.8) is 0 Å². The Morgan fingerprint density at radius 1 is 1.38 bits per heavy atom. The lowest BCUT2D eigenvalue weighted by Crippen LogP contribution is -2.07.